The molecule has 1 aliphatic rings. The molecule has 0 saturated carbocycles. The summed E-state index contributed by atoms with van der Waals surface area (Å²) in [7, 11) is 1.92. The van der Waals surface area contributed by atoms with Crippen molar-refractivity contribution in [3.05, 3.63) is 77.5 Å². The SMILES string of the molecule is CN1NC(c2ccccc2)C(O)=C1c1ccccc1. The van der Waals surface area contributed by atoms with E-state index in [2.05, 4.69) is 5.43 Å². The van der Waals surface area contributed by atoms with Crippen LogP contribution in [0.5, 0.6) is 0 Å². The normalized spacial score (nSPS) is 19.0. The molecule has 0 bridgehead atoms. The van der Waals surface area contributed by atoms with Crippen molar-refractivity contribution in [2.75, 3.05) is 7.05 Å². The zero-order chi connectivity index (χ0) is 13.2. The van der Waals surface area contributed by atoms with Crippen molar-refractivity contribution in [2.45, 2.75) is 6.04 Å². The van der Waals surface area contributed by atoms with Crippen LogP contribution in [-0.4, -0.2) is 17.2 Å². The van der Waals surface area contributed by atoms with Gasteiger partial charge in [-0.25, -0.2) is 5.43 Å². The minimum atomic E-state index is -0.179. The van der Waals surface area contributed by atoms with Crippen LogP contribution in [0.25, 0.3) is 5.70 Å². The van der Waals surface area contributed by atoms with Crippen LogP contribution >= 0.6 is 0 Å². The molecule has 2 aromatic carbocycles. The van der Waals surface area contributed by atoms with Gasteiger partial charge in [-0.05, 0) is 5.56 Å². The molecule has 1 atom stereocenters. The van der Waals surface area contributed by atoms with E-state index in [1.54, 1.807) is 0 Å². The lowest BCUT2D eigenvalue weighted by atomic mass is 10.0. The molecule has 0 fully saturated rings. The maximum Gasteiger partial charge on any atom is 0.141 e. The largest absolute Gasteiger partial charge is 0.508 e. The molecule has 0 saturated heterocycles. The third-order valence-electron chi connectivity index (χ3n) is 3.35. The molecule has 0 radical (unpaired) electrons. The van der Waals surface area contributed by atoms with Gasteiger partial charge in [-0.1, -0.05) is 60.7 Å². The predicted molar refractivity (Wildman–Crippen MR) is 76.1 cm³/mol. The summed E-state index contributed by atoms with van der Waals surface area (Å²) in [5.41, 5.74) is 6.17. The lowest BCUT2D eigenvalue weighted by Gasteiger charge is -2.17. The molecule has 2 N–H and O–H groups in total. The van der Waals surface area contributed by atoms with Crippen molar-refractivity contribution >= 4 is 5.70 Å². The van der Waals surface area contributed by atoms with Crippen LogP contribution in [0.3, 0.4) is 0 Å². The van der Waals surface area contributed by atoms with Gasteiger partial charge in [0.25, 0.3) is 0 Å². The molecule has 0 aromatic heterocycles. The summed E-state index contributed by atoms with van der Waals surface area (Å²) < 4.78 is 0. The number of rotatable bonds is 2. The van der Waals surface area contributed by atoms with Crippen LogP contribution in [-0.2, 0) is 0 Å². The second-order valence-electron chi connectivity index (χ2n) is 4.63. The average Bonchev–Trinajstić information content (AvgIpc) is 2.76. The van der Waals surface area contributed by atoms with Gasteiger partial charge < -0.3 is 10.1 Å². The summed E-state index contributed by atoms with van der Waals surface area (Å²) >= 11 is 0. The maximum atomic E-state index is 10.5. The van der Waals surface area contributed by atoms with E-state index in [9.17, 15) is 5.11 Å². The van der Waals surface area contributed by atoms with Crippen molar-refractivity contribution < 1.29 is 5.11 Å². The molecule has 1 aliphatic heterocycles. The monoisotopic (exact) mass is 252 g/mol. The summed E-state index contributed by atoms with van der Waals surface area (Å²) in [5, 5.41) is 12.4. The van der Waals surface area contributed by atoms with E-state index in [1.807, 2.05) is 72.7 Å². The quantitative estimate of drug-likeness (QED) is 0.862. The standard InChI is InChI=1S/C16H16N2O/c1-18-15(13-10-6-3-7-11-13)16(19)14(17-18)12-8-4-2-5-9-12/h2-11,14,17,19H,1H3. The Hall–Kier alpha value is -2.26. The molecule has 1 unspecified atom stereocenters. The lowest BCUT2D eigenvalue weighted by molar-refractivity contribution is 0.310. The molecular weight excluding hydrogens is 236 g/mol. The van der Waals surface area contributed by atoms with E-state index in [0.717, 1.165) is 16.8 Å². The van der Waals surface area contributed by atoms with Gasteiger partial charge in [-0.2, -0.15) is 0 Å². The first-order valence-corrected chi connectivity index (χ1v) is 6.31. The number of nitrogens with zero attached hydrogens (tertiary/aromatic N) is 1. The molecule has 2 aromatic rings. The van der Waals surface area contributed by atoms with Crippen LogP contribution in [0.15, 0.2) is 66.4 Å². The summed E-state index contributed by atoms with van der Waals surface area (Å²) in [6.45, 7) is 0. The third kappa shape index (κ3) is 2.09. The second-order valence-corrected chi connectivity index (χ2v) is 4.63. The summed E-state index contributed by atoms with van der Waals surface area (Å²) in [6.07, 6.45) is 0. The van der Waals surface area contributed by atoms with Gasteiger partial charge in [0.2, 0.25) is 0 Å². The number of aliphatic hydroxyl groups excluding tert-OH is 1. The zero-order valence-electron chi connectivity index (χ0n) is 10.7. The van der Waals surface area contributed by atoms with Crippen molar-refractivity contribution in [3.63, 3.8) is 0 Å². The molecule has 3 rings (SSSR count). The van der Waals surface area contributed by atoms with Gasteiger partial charge in [0.15, 0.2) is 0 Å². The Bertz CT molecular complexity index is 593. The average molecular weight is 252 g/mol. The third-order valence-corrected chi connectivity index (χ3v) is 3.35. The number of aliphatic hydroxyl groups is 1. The Morgan fingerprint density at radius 2 is 1.53 bits per heavy atom. The fourth-order valence-electron chi connectivity index (χ4n) is 2.44. The van der Waals surface area contributed by atoms with Gasteiger partial charge in [0.1, 0.15) is 11.8 Å². The molecule has 0 spiro atoms. The number of nitrogens with one attached hydrogen (secondary N) is 1. The number of hydrogen-bond acceptors (Lipinski definition) is 3. The minimum Gasteiger partial charge on any atom is -0.508 e. The first-order valence-electron chi connectivity index (χ1n) is 6.31. The van der Waals surface area contributed by atoms with Gasteiger partial charge in [0, 0.05) is 12.6 Å². The van der Waals surface area contributed by atoms with Crippen LogP contribution in [0.1, 0.15) is 17.2 Å². The molecule has 3 nitrogen and oxygen atoms in total. The van der Waals surface area contributed by atoms with Gasteiger partial charge in [0.05, 0.1) is 5.70 Å². The Kier molecular flexibility index (Phi) is 2.97. The smallest absolute Gasteiger partial charge is 0.141 e. The van der Waals surface area contributed by atoms with Crippen molar-refractivity contribution in [3.8, 4) is 0 Å². The minimum absolute atomic E-state index is 0.179. The summed E-state index contributed by atoms with van der Waals surface area (Å²) in [6, 6.07) is 19.7. The Morgan fingerprint density at radius 1 is 0.947 bits per heavy atom. The molecule has 0 amide bonds. The van der Waals surface area contributed by atoms with Crippen LogP contribution in [0.2, 0.25) is 0 Å². The highest BCUT2D eigenvalue weighted by molar-refractivity contribution is 5.68. The number of benzene rings is 2. The number of hydrazine groups is 1. The predicted octanol–water partition coefficient (Wildman–Crippen LogP) is 3.10. The second kappa shape index (κ2) is 4.78. The molecule has 0 aliphatic carbocycles. The van der Waals surface area contributed by atoms with Crippen molar-refractivity contribution in [2.24, 2.45) is 0 Å². The van der Waals surface area contributed by atoms with Crippen LogP contribution < -0.4 is 5.43 Å². The van der Waals surface area contributed by atoms with E-state index < -0.39 is 0 Å². The first-order chi connectivity index (χ1) is 9.27. The number of hydrogen-bond donors (Lipinski definition) is 2. The van der Waals surface area contributed by atoms with Gasteiger partial charge in [-0.3, -0.25) is 0 Å². The maximum absolute atomic E-state index is 10.5. The van der Waals surface area contributed by atoms with E-state index in [-0.39, 0.29) is 6.04 Å². The lowest BCUT2D eigenvalue weighted by Crippen LogP contribution is -2.29. The molecule has 1 heterocycles. The fraction of sp³-hybridized carbons (Fsp3) is 0.125. The van der Waals surface area contributed by atoms with Crippen LogP contribution in [0, 0.1) is 0 Å². The van der Waals surface area contributed by atoms with Crippen molar-refractivity contribution in [1.82, 2.24) is 10.4 Å². The fourth-order valence-corrected chi connectivity index (χ4v) is 2.44. The van der Waals surface area contributed by atoms with E-state index in [1.165, 1.54) is 0 Å². The van der Waals surface area contributed by atoms with Gasteiger partial charge in [-0.15, -0.1) is 0 Å². The van der Waals surface area contributed by atoms with Crippen molar-refractivity contribution in [1.29, 1.82) is 0 Å². The highest BCUT2D eigenvalue weighted by Crippen LogP contribution is 2.34. The Balaban J connectivity index is 2.02. The van der Waals surface area contributed by atoms with Crippen LogP contribution in [0.4, 0.5) is 0 Å². The van der Waals surface area contributed by atoms with E-state index in [4.69, 9.17) is 0 Å². The summed E-state index contributed by atoms with van der Waals surface area (Å²) in [5.74, 6) is 0.361. The zero-order valence-corrected chi connectivity index (χ0v) is 10.7. The molecular formula is C16H16N2O. The summed E-state index contributed by atoms with van der Waals surface area (Å²) in [4.78, 5) is 0. The Labute approximate surface area is 112 Å². The van der Waals surface area contributed by atoms with E-state index >= 15 is 0 Å². The van der Waals surface area contributed by atoms with E-state index in [0.29, 0.717) is 5.76 Å². The molecule has 19 heavy (non-hydrogen) atoms. The Morgan fingerprint density at radius 3 is 2.16 bits per heavy atom. The first kappa shape index (κ1) is 11.8. The topological polar surface area (TPSA) is 35.5 Å². The van der Waals surface area contributed by atoms with Gasteiger partial charge >= 0.3 is 0 Å². The molecule has 3 heteroatoms. The highest BCUT2D eigenvalue weighted by atomic mass is 16.3. The highest BCUT2D eigenvalue weighted by Gasteiger charge is 2.30. The molecule has 96 valence electrons.